The summed E-state index contributed by atoms with van der Waals surface area (Å²) in [4.78, 5) is 5.88. The van der Waals surface area contributed by atoms with Crippen LogP contribution in [-0.2, 0) is 6.18 Å². The molecule has 1 saturated carbocycles. The lowest BCUT2D eigenvalue weighted by Gasteiger charge is -2.29. The van der Waals surface area contributed by atoms with Crippen LogP contribution in [0.5, 0.6) is 0 Å². The number of nitrogens with one attached hydrogen (secondary N) is 1. The Hall–Kier alpha value is -1.30. The van der Waals surface area contributed by atoms with E-state index in [0.717, 1.165) is 38.3 Å². The third-order valence-electron chi connectivity index (χ3n) is 4.17. The summed E-state index contributed by atoms with van der Waals surface area (Å²) in [5.74, 6) is 0.611. The van der Waals surface area contributed by atoms with E-state index in [1.165, 1.54) is 12.3 Å². The summed E-state index contributed by atoms with van der Waals surface area (Å²) in [6.07, 6.45) is 1.44. The summed E-state index contributed by atoms with van der Waals surface area (Å²) in [5.41, 5.74) is -0.622. The fraction of sp³-hybridized carbons (Fsp3) is 0.667. The zero-order valence-corrected chi connectivity index (χ0v) is 11.9. The number of rotatable bonds is 5. The summed E-state index contributed by atoms with van der Waals surface area (Å²) < 4.78 is 39.6. The molecule has 1 saturated heterocycles. The van der Waals surface area contributed by atoms with Crippen LogP contribution < -0.4 is 10.2 Å². The first-order valence-electron chi connectivity index (χ1n) is 7.54. The molecule has 1 aromatic rings. The highest BCUT2D eigenvalue weighted by Gasteiger charge is 2.37. The van der Waals surface area contributed by atoms with Gasteiger partial charge in [0.05, 0.1) is 5.56 Å². The number of anilines is 1. The van der Waals surface area contributed by atoms with E-state index in [0.29, 0.717) is 19.0 Å². The Morgan fingerprint density at radius 1 is 1.24 bits per heavy atom. The molecule has 0 aromatic carbocycles. The van der Waals surface area contributed by atoms with Gasteiger partial charge >= 0.3 is 6.18 Å². The summed E-state index contributed by atoms with van der Waals surface area (Å²) >= 11 is 0. The van der Waals surface area contributed by atoms with Crippen molar-refractivity contribution in [3.8, 4) is 0 Å². The van der Waals surface area contributed by atoms with Crippen LogP contribution in [0.2, 0.25) is 0 Å². The molecule has 0 radical (unpaired) electrons. The molecular formula is C15H20F3N3. The van der Waals surface area contributed by atoms with Crippen LogP contribution in [0.1, 0.15) is 31.2 Å². The van der Waals surface area contributed by atoms with E-state index >= 15 is 0 Å². The minimum atomic E-state index is -4.35. The number of alkyl halides is 3. The normalized spacial score (nSPS) is 22.5. The predicted octanol–water partition coefficient (Wildman–Crippen LogP) is 3.07. The number of pyridine rings is 1. The van der Waals surface area contributed by atoms with E-state index in [4.69, 9.17) is 0 Å². The van der Waals surface area contributed by atoms with Crippen molar-refractivity contribution in [2.45, 2.75) is 37.9 Å². The Kier molecular flexibility index (Phi) is 4.06. The standard InChI is InChI=1S/C15H20F3N3/c16-15(17,18)13-4-2-8-20-14(13)21(9-11-5-6-11)10-12-3-1-7-19-12/h2,4,8,11-12,19H,1,3,5-7,9-10H2. The maximum atomic E-state index is 13.2. The molecule has 2 fully saturated rings. The molecule has 0 bridgehead atoms. The zero-order valence-electron chi connectivity index (χ0n) is 11.9. The summed E-state index contributed by atoms with van der Waals surface area (Å²) in [6.45, 7) is 2.24. The number of nitrogens with zero attached hydrogens (tertiary/aromatic N) is 2. The van der Waals surface area contributed by atoms with Gasteiger partial charge in [-0.05, 0) is 50.3 Å². The molecule has 21 heavy (non-hydrogen) atoms. The Balaban J connectivity index is 1.84. The number of hydrogen-bond acceptors (Lipinski definition) is 3. The number of aromatic nitrogens is 1. The fourth-order valence-electron chi connectivity index (χ4n) is 2.91. The predicted molar refractivity (Wildman–Crippen MR) is 75.2 cm³/mol. The maximum Gasteiger partial charge on any atom is 0.419 e. The van der Waals surface area contributed by atoms with Crippen LogP contribution in [0.15, 0.2) is 18.3 Å². The first-order chi connectivity index (χ1) is 10.0. The molecule has 6 heteroatoms. The summed E-state index contributed by atoms with van der Waals surface area (Å²) in [6, 6.07) is 2.76. The van der Waals surface area contributed by atoms with Gasteiger partial charge in [0.25, 0.3) is 0 Å². The topological polar surface area (TPSA) is 28.2 Å². The van der Waals surface area contributed by atoms with E-state index < -0.39 is 11.7 Å². The Bertz CT molecular complexity index is 479. The van der Waals surface area contributed by atoms with Crippen molar-refractivity contribution in [3.05, 3.63) is 23.9 Å². The Morgan fingerprint density at radius 2 is 2.05 bits per heavy atom. The van der Waals surface area contributed by atoms with E-state index in [-0.39, 0.29) is 11.9 Å². The summed E-state index contributed by atoms with van der Waals surface area (Å²) in [5, 5.41) is 3.36. The molecular weight excluding hydrogens is 279 g/mol. The van der Waals surface area contributed by atoms with Gasteiger partial charge in [0.2, 0.25) is 0 Å². The minimum absolute atomic E-state index is 0.0885. The fourth-order valence-corrected chi connectivity index (χ4v) is 2.91. The highest BCUT2D eigenvalue weighted by molar-refractivity contribution is 5.48. The molecule has 116 valence electrons. The number of hydrogen-bond donors (Lipinski definition) is 1. The van der Waals surface area contributed by atoms with Crippen LogP contribution in [0.25, 0.3) is 0 Å². The molecule has 1 atom stereocenters. The molecule has 2 aliphatic rings. The van der Waals surface area contributed by atoms with Crippen LogP contribution in [0, 0.1) is 5.92 Å². The SMILES string of the molecule is FC(F)(F)c1cccnc1N(CC1CC1)CC1CCCN1. The minimum Gasteiger partial charge on any atom is -0.354 e. The lowest BCUT2D eigenvalue weighted by atomic mass is 10.1. The lowest BCUT2D eigenvalue weighted by molar-refractivity contribution is -0.137. The molecule has 1 aliphatic carbocycles. The Labute approximate surface area is 122 Å². The highest BCUT2D eigenvalue weighted by atomic mass is 19.4. The van der Waals surface area contributed by atoms with Crippen molar-refractivity contribution < 1.29 is 13.2 Å². The van der Waals surface area contributed by atoms with Gasteiger partial charge in [0.1, 0.15) is 5.82 Å². The largest absolute Gasteiger partial charge is 0.419 e. The van der Waals surface area contributed by atoms with Gasteiger partial charge in [-0.2, -0.15) is 13.2 Å². The van der Waals surface area contributed by atoms with Crippen molar-refractivity contribution in [3.63, 3.8) is 0 Å². The van der Waals surface area contributed by atoms with Crippen molar-refractivity contribution >= 4 is 5.82 Å². The third-order valence-corrected chi connectivity index (χ3v) is 4.17. The van der Waals surface area contributed by atoms with Crippen molar-refractivity contribution in [2.24, 2.45) is 5.92 Å². The van der Waals surface area contributed by atoms with E-state index in [1.54, 1.807) is 0 Å². The van der Waals surface area contributed by atoms with Crippen LogP contribution >= 0.6 is 0 Å². The molecule has 3 rings (SSSR count). The number of halogens is 3. The Morgan fingerprint density at radius 3 is 2.67 bits per heavy atom. The molecule has 0 amide bonds. The average Bonchev–Trinajstić information content (AvgIpc) is 3.11. The smallest absolute Gasteiger partial charge is 0.354 e. The third kappa shape index (κ3) is 3.67. The van der Waals surface area contributed by atoms with E-state index in [2.05, 4.69) is 10.3 Å². The molecule has 1 aromatic heterocycles. The summed E-state index contributed by atoms with van der Waals surface area (Å²) in [7, 11) is 0. The molecule has 0 spiro atoms. The lowest BCUT2D eigenvalue weighted by Crippen LogP contribution is -2.40. The molecule has 2 heterocycles. The van der Waals surface area contributed by atoms with Gasteiger partial charge in [-0.1, -0.05) is 0 Å². The monoisotopic (exact) mass is 299 g/mol. The van der Waals surface area contributed by atoms with Gasteiger partial charge in [-0.3, -0.25) is 0 Å². The molecule has 3 nitrogen and oxygen atoms in total. The van der Waals surface area contributed by atoms with Gasteiger partial charge in [0.15, 0.2) is 0 Å². The second-order valence-corrected chi connectivity index (χ2v) is 6.01. The van der Waals surface area contributed by atoms with Crippen molar-refractivity contribution in [1.82, 2.24) is 10.3 Å². The second-order valence-electron chi connectivity index (χ2n) is 6.01. The molecule has 1 N–H and O–H groups in total. The average molecular weight is 299 g/mol. The first kappa shape index (κ1) is 14.6. The molecule has 1 aliphatic heterocycles. The van der Waals surface area contributed by atoms with E-state index in [1.807, 2.05) is 4.90 Å². The van der Waals surface area contributed by atoms with Crippen LogP contribution in [0.4, 0.5) is 19.0 Å². The van der Waals surface area contributed by atoms with Gasteiger partial charge in [-0.15, -0.1) is 0 Å². The quantitative estimate of drug-likeness (QED) is 0.905. The van der Waals surface area contributed by atoms with Crippen LogP contribution in [-0.4, -0.2) is 30.7 Å². The van der Waals surface area contributed by atoms with Gasteiger partial charge < -0.3 is 10.2 Å². The zero-order chi connectivity index (χ0) is 14.9. The maximum absolute atomic E-state index is 13.2. The van der Waals surface area contributed by atoms with Gasteiger partial charge in [0, 0.05) is 25.3 Å². The first-order valence-corrected chi connectivity index (χ1v) is 7.54. The van der Waals surface area contributed by atoms with Crippen molar-refractivity contribution in [2.75, 3.05) is 24.5 Å². The molecule has 1 unspecified atom stereocenters. The van der Waals surface area contributed by atoms with Crippen molar-refractivity contribution in [1.29, 1.82) is 0 Å². The van der Waals surface area contributed by atoms with E-state index in [9.17, 15) is 13.2 Å². The highest BCUT2D eigenvalue weighted by Crippen LogP contribution is 2.37. The van der Waals surface area contributed by atoms with Gasteiger partial charge in [-0.25, -0.2) is 4.98 Å². The van der Waals surface area contributed by atoms with Crippen LogP contribution in [0.3, 0.4) is 0 Å². The second kappa shape index (κ2) is 5.83.